The smallest absolute Gasteiger partial charge is 0.269 e. The van der Waals surface area contributed by atoms with Gasteiger partial charge in [-0.15, -0.1) is 0 Å². The largest absolute Gasteiger partial charge is 0.494 e. The Hall–Kier alpha value is -2.60. The van der Waals surface area contributed by atoms with E-state index in [0.717, 1.165) is 17.1 Å². The Labute approximate surface area is 135 Å². The third-order valence-corrected chi connectivity index (χ3v) is 3.04. The normalized spacial score (nSPS) is 10.2. The second-order valence-corrected chi connectivity index (χ2v) is 4.76. The monoisotopic (exact) mass is 315 g/mol. The lowest BCUT2D eigenvalue weighted by Gasteiger charge is -2.08. The van der Waals surface area contributed by atoms with Gasteiger partial charge in [0.2, 0.25) is 0 Å². The van der Waals surface area contributed by atoms with Crippen LogP contribution < -0.4 is 15.4 Å². The molecular weight excluding hydrogens is 294 g/mol. The van der Waals surface area contributed by atoms with Crippen LogP contribution in [0.15, 0.2) is 42.6 Å². The molecule has 0 unspecified atom stereocenters. The van der Waals surface area contributed by atoms with Crippen LogP contribution in [-0.2, 0) is 4.74 Å². The molecule has 0 spiro atoms. The third kappa shape index (κ3) is 5.27. The van der Waals surface area contributed by atoms with Crippen LogP contribution in [0.2, 0.25) is 0 Å². The molecule has 0 aliphatic rings. The van der Waals surface area contributed by atoms with Crippen LogP contribution in [0.5, 0.6) is 5.75 Å². The maximum Gasteiger partial charge on any atom is 0.269 e. The van der Waals surface area contributed by atoms with E-state index in [9.17, 15) is 4.79 Å². The van der Waals surface area contributed by atoms with Crippen LogP contribution in [-0.4, -0.2) is 37.8 Å². The number of hydrogen-bond donors (Lipinski definition) is 2. The summed E-state index contributed by atoms with van der Waals surface area (Å²) in [5, 5.41) is 5.95. The number of rotatable bonds is 8. The number of nitrogens with zero attached hydrogens (tertiary/aromatic N) is 1. The van der Waals surface area contributed by atoms with Gasteiger partial charge >= 0.3 is 0 Å². The van der Waals surface area contributed by atoms with Gasteiger partial charge in [-0.25, -0.2) is 4.98 Å². The minimum Gasteiger partial charge on any atom is -0.494 e. The minimum atomic E-state index is -0.213. The fraction of sp³-hybridized carbons (Fsp3) is 0.294. The molecule has 0 aliphatic heterocycles. The van der Waals surface area contributed by atoms with Crippen molar-refractivity contribution in [3.8, 4) is 5.75 Å². The van der Waals surface area contributed by atoms with Gasteiger partial charge in [0.25, 0.3) is 5.91 Å². The standard InChI is InChI=1S/C17H21N3O3/c1-3-23-15-7-4-13(5-8-15)20-14-6-9-16(19-12-14)17(21)18-10-11-22-2/h4-9,12,20H,3,10-11H2,1-2H3,(H,18,21). The number of methoxy groups -OCH3 is 1. The van der Waals surface area contributed by atoms with E-state index in [0.29, 0.717) is 25.5 Å². The van der Waals surface area contributed by atoms with E-state index in [2.05, 4.69) is 15.6 Å². The Morgan fingerprint density at radius 3 is 2.48 bits per heavy atom. The summed E-state index contributed by atoms with van der Waals surface area (Å²) in [6, 6.07) is 11.1. The topological polar surface area (TPSA) is 72.5 Å². The molecule has 1 aromatic carbocycles. The highest BCUT2D eigenvalue weighted by atomic mass is 16.5. The van der Waals surface area contributed by atoms with Crippen molar-refractivity contribution >= 4 is 17.3 Å². The Balaban J connectivity index is 1.92. The molecule has 0 fully saturated rings. The van der Waals surface area contributed by atoms with Crippen LogP contribution >= 0.6 is 0 Å². The number of pyridine rings is 1. The highest BCUT2D eigenvalue weighted by Gasteiger charge is 2.06. The molecule has 6 nitrogen and oxygen atoms in total. The van der Waals surface area contributed by atoms with E-state index >= 15 is 0 Å². The van der Waals surface area contributed by atoms with Crippen molar-refractivity contribution in [2.45, 2.75) is 6.92 Å². The van der Waals surface area contributed by atoms with Gasteiger partial charge in [-0.1, -0.05) is 0 Å². The predicted octanol–water partition coefficient (Wildman–Crippen LogP) is 2.60. The molecule has 2 N–H and O–H groups in total. The summed E-state index contributed by atoms with van der Waals surface area (Å²) in [6.45, 7) is 3.53. The van der Waals surface area contributed by atoms with Crippen LogP contribution in [0.25, 0.3) is 0 Å². The van der Waals surface area contributed by atoms with Gasteiger partial charge in [0, 0.05) is 19.3 Å². The van der Waals surface area contributed by atoms with Crippen LogP contribution in [0.1, 0.15) is 17.4 Å². The number of ether oxygens (including phenoxy) is 2. The molecule has 0 aliphatic carbocycles. The van der Waals surface area contributed by atoms with Gasteiger partial charge in [-0.3, -0.25) is 4.79 Å². The average Bonchev–Trinajstić information content (AvgIpc) is 2.58. The van der Waals surface area contributed by atoms with Gasteiger partial charge < -0.3 is 20.1 Å². The molecule has 2 aromatic rings. The Bertz CT molecular complexity index is 612. The first kappa shape index (κ1) is 16.8. The Morgan fingerprint density at radius 2 is 1.87 bits per heavy atom. The first-order valence-electron chi connectivity index (χ1n) is 7.46. The molecule has 0 atom stereocenters. The van der Waals surface area contributed by atoms with Crippen molar-refractivity contribution in [3.05, 3.63) is 48.3 Å². The molecular formula is C17H21N3O3. The zero-order chi connectivity index (χ0) is 16.5. The highest BCUT2D eigenvalue weighted by Crippen LogP contribution is 2.19. The maximum absolute atomic E-state index is 11.8. The van der Waals surface area contributed by atoms with E-state index < -0.39 is 0 Å². The molecule has 1 heterocycles. The van der Waals surface area contributed by atoms with Gasteiger partial charge in [-0.05, 0) is 43.3 Å². The molecule has 0 bridgehead atoms. The summed E-state index contributed by atoms with van der Waals surface area (Å²) in [7, 11) is 1.59. The summed E-state index contributed by atoms with van der Waals surface area (Å²) >= 11 is 0. The SMILES string of the molecule is CCOc1ccc(Nc2ccc(C(=O)NCCOC)nc2)cc1. The molecule has 0 radical (unpaired) electrons. The third-order valence-electron chi connectivity index (χ3n) is 3.04. The number of amides is 1. The first-order chi connectivity index (χ1) is 11.2. The van der Waals surface area contributed by atoms with Crippen molar-refractivity contribution in [3.63, 3.8) is 0 Å². The van der Waals surface area contributed by atoms with Crippen molar-refractivity contribution < 1.29 is 14.3 Å². The lowest BCUT2D eigenvalue weighted by atomic mass is 10.2. The summed E-state index contributed by atoms with van der Waals surface area (Å²) < 4.78 is 10.3. The fourth-order valence-corrected chi connectivity index (χ4v) is 1.93. The van der Waals surface area contributed by atoms with E-state index in [4.69, 9.17) is 9.47 Å². The fourth-order valence-electron chi connectivity index (χ4n) is 1.93. The van der Waals surface area contributed by atoms with Gasteiger partial charge in [0.05, 0.1) is 25.1 Å². The number of hydrogen-bond acceptors (Lipinski definition) is 5. The molecule has 122 valence electrons. The summed E-state index contributed by atoms with van der Waals surface area (Å²) in [5.74, 6) is 0.619. The molecule has 1 amide bonds. The highest BCUT2D eigenvalue weighted by molar-refractivity contribution is 5.92. The zero-order valence-corrected chi connectivity index (χ0v) is 13.3. The minimum absolute atomic E-state index is 0.213. The Kier molecular flexibility index (Phi) is 6.38. The second-order valence-electron chi connectivity index (χ2n) is 4.76. The van der Waals surface area contributed by atoms with Crippen molar-refractivity contribution in [2.24, 2.45) is 0 Å². The van der Waals surface area contributed by atoms with Gasteiger partial charge in [0.15, 0.2) is 0 Å². The van der Waals surface area contributed by atoms with E-state index in [1.807, 2.05) is 37.3 Å². The molecule has 2 rings (SSSR count). The number of anilines is 2. The van der Waals surface area contributed by atoms with Crippen LogP contribution in [0.4, 0.5) is 11.4 Å². The number of carbonyl (C=O) groups excluding carboxylic acids is 1. The summed E-state index contributed by atoms with van der Waals surface area (Å²) in [5.41, 5.74) is 2.11. The van der Waals surface area contributed by atoms with E-state index in [-0.39, 0.29) is 5.91 Å². The molecule has 1 aromatic heterocycles. The van der Waals surface area contributed by atoms with Crippen molar-refractivity contribution in [1.82, 2.24) is 10.3 Å². The van der Waals surface area contributed by atoms with Crippen LogP contribution in [0.3, 0.4) is 0 Å². The van der Waals surface area contributed by atoms with E-state index in [1.54, 1.807) is 19.4 Å². The van der Waals surface area contributed by atoms with Crippen molar-refractivity contribution in [1.29, 1.82) is 0 Å². The average molecular weight is 315 g/mol. The number of benzene rings is 1. The summed E-state index contributed by atoms with van der Waals surface area (Å²) in [4.78, 5) is 16.0. The second kappa shape index (κ2) is 8.75. The number of nitrogens with one attached hydrogen (secondary N) is 2. The summed E-state index contributed by atoms with van der Waals surface area (Å²) in [6.07, 6.45) is 1.63. The maximum atomic E-state index is 11.8. The number of aromatic nitrogens is 1. The Morgan fingerprint density at radius 1 is 1.13 bits per heavy atom. The number of carbonyl (C=O) groups is 1. The van der Waals surface area contributed by atoms with Gasteiger partial charge in [-0.2, -0.15) is 0 Å². The lowest BCUT2D eigenvalue weighted by Crippen LogP contribution is -2.27. The predicted molar refractivity (Wildman–Crippen MR) is 89.3 cm³/mol. The molecule has 6 heteroatoms. The quantitative estimate of drug-likeness (QED) is 0.733. The zero-order valence-electron chi connectivity index (χ0n) is 13.3. The van der Waals surface area contributed by atoms with Gasteiger partial charge in [0.1, 0.15) is 11.4 Å². The first-order valence-corrected chi connectivity index (χ1v) is 7.46. The molecule has 0 saturated carbocycles. The van der Waals surface area contributed by atoms with E-state index in [1.165, 1.54) is 0 Å². The van der Waals surface area contributed by atoms with Crippen molar-refractivity contribution in [2.75, 3.05) is 32.2 Å². The van der Waals surface area contributed by atoms with Crippen LogP contribution in [0, 0.1) is 0 Å². The molecule has 0 saturated heterocycles. The molecule has 23 heavy (non-hydrogen) atoms. The lowest BCUT2D eigenvalue weighted by molar-refractivity contribution is 0.0932.